The lowest BCUT2D eigenvalue weighted by Crippen LogP contribution is -2.27. The summed E-state index contributed by atoms with van der Waals surface area (Å²) in [5.74, 6) is -1.06. The van der Waals surface area contributed by atoms with Crippen LogP contribution < -0.4 is 0 Å². The molecule has 2 unspecified atom stereocenters. The monoisotopic (exact) mass is 552 g/mol. The van der Waals surface area contributed by atoms with Gasteiger partial charge in [0.1, 0.15) is 27.5 Å². The summed E-state index contributed by atoms with van der Waals surface area (Å²) in [6.07, 6.45) is -9.55. The van der Waals surface area contributed by atoms with E-state index in [-0.39, 0.29) is 0 Å². The number of aromatic nitrogens is 4. The first-order valence-electron chi connectivity index (χ1n) is 7.76. The maximum atomic E-state index is 12.9. The number of rotatable bonds is 5. The first kappa shape index (κ1) is 23.6. The standard InChI is InChI=1S/C15H12Br2F6N4O2/c1-6(2)29-13(28)10(16)11(17)27-5-24-12(26-27)7-3-8(14(18,19)20)25-9(4-7)15(21,22)23/h3-6,10-11H,1-2H3. The Labute approximate surface area is 176 Å². The Morgan fingerprint density at radius 3 is 2.03 bits per heavy atom. The molecule has 0 aliphatic heterocycles. The molecule has 2 aromatic heterocycles. The third kappa shape index (κ3) is 5.90. The van der Waals surface area contributed by atoms with Crippen LogP contribution in [0, 0.1) is 0 Å². The second kappa shape index (κ2) is 8.58. The van der Waals surface area contributed by atoms with E-state index >= 15 is 0 Å². The summed E-state index contributed by atoms with van der Waals surface area (Å²) in [5, 5.41) is 3.87. The SMILES string of the molecule is CC(C)OC(=O)C(Br)C(Br)n1cnc(-c2cc(C(F)(F)F)nc(C(F)(F)F)c2)n1. The summed E-state index contributed by atoms with van der Waals surface area (Å²) in [7, 11) is 0. The molecule has 0 saturated carbocycles. The molecule has 0 spiro atoms. The molecule has 14 heteroatoms. The Morgan fingerprint density at radius 1 is 1.07 bits per heavy atom. The van der Waals surface area contributed by atoms with Crippen LogP contribution in [0.25, 0.3) is 11.4 Å². The minimum atomic E-state index is -5.10. The van der Waals surface area contributed by atoms with Gasteiger partial charge in [-0.25, -0.2) is 14.6 Å². The summed E-state index contributed by atoms with van der Waals surface area (Å²) in [6, 6.07) is 0.827. The lowest BCUT2D eigenvalue weighted by Gasteiger charge is -2.17. The number of pyridine rings is 1. The average molecular weight is 554 g/mol. The van der Waals surface area contributed by atoms with E-state index in [1.165, 1.54) is 0 Å². The first-order valence-corrected chi connectivity index (χ1v) is 9.60. The molecule has 0 N–H and O–H groups in total. The lowest BCUT2D eigenvalue weighted by molar-refractivity contribution is -0.150. The van der Waals surface area contributed by atoms with Crippen molar-refractivity contribution in [2.24, 2.45) is 0 Å². The predicted octanol–water partition coefficient (Wildman–Crippen LogP) is 4.99. The van der Waals surface area contributed by atoms with Gasteiger partial charge in [-0.2, -0.15) is 26.3 Å². The topological polar surface area (TPSA) is 69.9 Å². The summed E-state index contributed by atoms with van der Waals surface area (Å²) < 4.78 is 83.7. The number of esters is 1. The number of carbonyl (C=O) groups excluding carboxylic acids is 1. The van der Waals surface area contributed by atoms with Gasteiger partial charge in [0.25, 0.3) is 0 Å². The van der Waals surface area contributed by atoms with Gasteiger partial charge in [-0.15, -0.1) is 5.10 Å². The van der Waals surface area contributed by atoms with Gasteiger partial charge in [0, 0.05) is 5.56 Å². The Kier molecular flexibility index (Phi) is 6.97. The highest BCUT2D eigenvalue weighted by Gasteiger charge is 2.39. The van der Waals surface area contributed by atoms with Crippen molar-refractivity contribution in [2.45, 2.75) is 42.1 Å². The van der Waals surface area contributed by atoms with Crippen LogP contribution in [-0.2, 0) is 21.9 Å². The normalized spacial score (nSPS) is 14.7. The zero-order chi connectivity index (χ0) is 22.1. The summed E-state index contributed by atoms with van der Waals surface area (Å²) in [4.78, 5) is 16.5. The van der Waals surface area contributed by atoms with Gasteiger partial charge in [0.15, 0.2) is 5.82 Å². The molecule has 0 radical (unpaired) electrons. The zero-order valence-corrected chi connectivity index (χ0v) is 17.8. The van der Waals surface area contributed by atoms with E-state index in [0.29, 0.717) is 12.1 Å². The number of hydrogen-bond acceptors (Lipinski definition) is 5. The molecular formula is C15H12Br2F6N4O2. The van der Waals surface area contributed by atoms with Gasteiger partial charge in [0.05, 0.1) is 6.10 Å². The minimum Gasteiger partial charge on any atom is -0.462 e. The molecule has 0 aliphatic carbocycles. The van der Waals surface area contributed by atoms with E-state index in [0.717, 1.165) is 11.0 Å². The molecule has 6 nitrogen and oxygen atoms in total. The van der Waals surface area contributed by atoms with Crippen molar-refractivity contribution < 1.29 is 35.9 Å². The molecule has 2 rings (SSSR count). The molecule has 2 aromatic rings. The second-order valence-electron chi connectivity index (χ2n) is 5.93. The van der Waals surface area contributed by atoms with Crippen LogP contribution in [0.1, 0.15) is 30.2 Å². The van der Waals surface area contributed by atoms with Crippen molar-refractivity contribution in [1.82, 2.24) is 19.7 Å². The molecule has 0 saturated heterocycles. The molecule has 160 valence electrons. The highest BCUT2D eigenvalue weighted by atomic mass is 79.9. The van der Waals surface area contributed by atoms with Gasteiger partial charge >= 0.3 is 18.3 Å². The average Bonchev–Trinajstić information content (AvgIpc) is 3.08. The fourth-order valence-corrected chi connectivity index (χ4v) is 2.78. The minimum absolute atomic E-state index is 0.396. The Hall–Kier alpha value is -1.70. The van der Waals surface area contributed by atoms with Gasteiger partial charge < -0.3 is 4.74 Å². The third-order valence-electron chi connectivity index (χ3n) is 3.24. The predicted molar refractivity (Wildman–Crippen MR) is 95.2 cm³/mol. The third-order valence-corrected chi connectivity index (χ3v) is 5.78. The quantitative estimate of drug-likeness (QED) is 0.296. The van der Waals surface area contributed by atoms with Gasteiger partial charge in [-0.1, -0.05) is 31.9 Å². The Bertz CT molecular complexity index is 852. The van der Waals surface area contributed by atoms with Crippen LogP contribution in [0.5, 0.6) is 0 Å². The smallest absolute Gasteiger partial charge is 0.433 e. The fourth-order valence-electron chi connectivity index (χ4n) is 2.02. The molecule has 2 atom stereocenters. The molecular weight excluding hydrogens is 542 g/mol. The maximum absolute atomic E-state index is 12.9. The van der Waals surface area contributed by atoms with Gasteiger partial charge in [-0.05, 0) is 26.0 Å². The fraction of sp³-hybridized carbons (Fsp3) is 0.467. The lowest BCUT2D eigenvalue weighted by atomic mass is 10.1. The van der Waals surface area contributed by atoms with E-state index in [2.05, 4.69) is 46.9 Å². The zero-order valence-electron chi connectivity index (χ0n) is 14.6. The van der Waals surface area contributed by atoms with E-state index in [9.17, 15) is 31.1 Å². The number of hydrogen-bond donors (Lipinski definition) is 0. The van der Waals surface area contributed by atoms with E-state index in [1.54, 1.807) is 13.8 Å². The number of carbonyl (C=O) groups is 1. The van der Waals surface area contributed by atoms with Crippen molar-refractivity contribution in [3.8, 4) is 11.4 Å². The molecule has 0 bridgehead atoms. The van der Waals surface area contributed by atoms with Crippen molar-refractivity contribution in [2.75, 3.05) is 0 Å². The maximum Gasteiger partial charge on any atom is 0.433 e. The van der Waals surface area contributed by atoms with Crippen LogP contribution in [0.4, 0.5) is 26.3 Å². The number of halogens is 8. The van der Waals surface area contributed by atoms with Crippen LogP contribution >= 0.6 is 31.9 Å². The molecule has 2 heterocycles. The van der Waals surface area contributed by atoms with Crippen LogP contribution in [-0.4, -0.2) is 36.6 Å². The van der Waals surface area contributed by atoms with E-state index in [1.807, 2.05) is 0 Å². The highest BCUT2D eigenvalue weighted by Crippen LogP contribution is 2.36. The van der Waals surface area contributed by atoms with Gasteiger partial charge in [0.2, 0.25) is 0 Å². The highest BCUT2D eigenvalue weighted by molar-refractivity contribution is 9.12. The summed E-state index contributed by atoms with van der Waals surface area (Å²) in [5.41, 5.74) is -3.99. The molecule has 29 heavy (non-hydrogen) atoms. The molecule has 0 amide bonds. The Morgan fingerprint density at radius 2 is 1.59 bits per heavy atom. The van der Waals surface area contributed by atoms with Crippen molar-refractivity contribution in [1.29, 1.82) is 0 Å². The number of ether oxygens (including phenoxy) is 1. The van der Waals surface area contributed by atoms with Crippen LogP contribution in [0.2, 0.25) is 0 Å². The second-order valence-corrected chi connectivity index (χ2v) is 7.85. The van der Waals surface area contributed by atoms with Crippen molar-refractivity contribution in [3.05, 3.63) is 29.8 Å². The Balaban J connectivity index is 2.40. The summed E-state index contributed by atoms with van der Waals surface area (Å²) >= 11 is 6.26. The molecule has 0 aliphatic rings. The summed E-state index contributed by atoms with van der Waals surface area (Å²) in [6.45, 7) is 3.27. The molecule has 0 fully saturated rings. The van der Waals surface area contributed by atoms with Crippen LogP contribution in [0.3, 0.4) is 0 Å². The van der Waals surface area contributed by atoms with Crippen molar-refractivity contribution >= 4 is 37.8 Å². The number of alkyl halides is 8. The van der Waals surface area contributed by atoms with E-state index < -0.39 is 57.0 Å². The molecule has 0 aromatic carbocycles. The first-order chi connectivity index (χ1) is 13.2. The largest absolute Gasteiger partial charge is 0.462 e. The van der Waals surface area contributed by atoms with Gasteiger partial charge in [-0.3, -0.25) is 4.79 Å². The van der Waals surface area contributed by atoms with Crippen LogP contribution in [0.15, 0.2) is 18.5 Å². The van der Waals surface area contributed by atoms with Crippen molar-refractivity contribution in [3.63, 3.8) is 0 Å². The van der Waals surface area contributed by atoms with E-state index in [4.69, 9.17) is 4.74 Å². The number of nitrogens with zero attached hydrogens (tertiary/aromatic N) is 4.